The summed E-state index contributed by atoms with van der Waals surface area (Å²) < 4.78 is 6.40. The lowest BCUT2D eigenvalue weighted by atomic mass is 9.79. The number of ether oxygens (including phenoxy) is 1. The fraction of sp³-hybridized carbons (Fsp3) is 0.548. The first-order valence-corrected chi connectivity index (χ1v) is 14.6. The molecule has 8 heteroatoms. The van der Waals surface area contributed by atoms with Gasteiger partial charge in [-0.3, -0.25) is 14.3 Å². The SMILES string of the molecule is COC(=O)Cc1cc(C)n(CC(=O)N2CCC(c3csc(-c4cc(C(C)(C)C)cc(C(C)(C)C)c4)n3)CC2)n1. The largest absolute Gasteiger partial charge is 0.469 e. The minimum atomic E-state index is -0.338. The highest BCUT2D eigenvalue weighted by Crippen LogP contribution is 2.37. The van der Waals surface area contributed by atoms with Crippen LogP contribution in [0.1, 0.15) is 88.5 Å². The van der Waals surface area contributed by atoms with E-state index in [1.807, 2.05) is 17.9 Å². The van der Waals surface area contributed by atoms with E-state index < -0.39 is 0 Å². The molecule has 1 amide bonds. The van der Waals surface area contributed by atoms with E-state index >= 15 is 0 Å². The number of thiazole rings is 1. The van der Waals surface area contributed by atoms with Crippen molar-refractivity contribution in [2.75, 3.05) is 20.2 Å². The molecule has 0 bridgehead atoms. The van der Waals surface area contributed by atoms with E-state index in [0.29, 0.717) is 24.7 Å². The summed E-state index contributed by atoms with van der Waals surface area (Å²) in [6.07, 6.45) is 1.91. The van der Waals surface area contributed by atoms with Crippen molar-refractivity contribution in [1.29, 1.82) is 0 Å². The van der Waals surface area contributed by atoms with Gasteiger partial charge in [0.1, 0.15) is 11.6 Å². The Balaban J connectivity index is 1.41. The molecule has 1 aliphatic rings. The van der Waals surface area contributed by atoms with Gasteiger partial charge in [0, 0.05) is 35.6 Å². The predicted molar refractivity (Wildman–Crippen MR) is 156 cm³/mol. The molecule has 1 aromatic carbocycles. The van der Waals surface area contributed by atoms with Gasteiger partial charge < -0.3 is 9.64 Å². The number of hydrogen-bond donors (Lipinski definition) is 0. The second-order valence-corrected chi connectivity index (χ2v) is 13.6. The van der Waals surface area contributed by atoms with Gasteiger partial charge in [-0.1, -0.05) is 47.6 Å². The fourth-order valence-electron chi connectivity index (χ4n) is 4.92. The highest BCUT2D eigenvalue weighted by atomic mass is 32.1. The second-order valence-electron chi connectivity index (χ2n) is 12.7. The van der Waals surface area contributed by atoms with E-state index in [1.54, 1.807) is 16.0 Å². The number of amides is 1. The number of methoxy groups -OCH3 is 1. The zero-order valence-electron chi connectivity index (χ0n) is 24.6. The molecule has 7 nitrogen and oxygen atoms in total. The van der Waals surface area contributed by atoms with E-state index in [2.05, 4.69) is 70.2 Å². The third-order valence-electron chi connectivity index (χ3n) is 7.57. The molecule has 0 N–H and O–H groups in total. The molecule has 210 valence electrons. The maximum atomic E-state index is 13.0. The molecule has 4 rings (SSSR count). The van der Waals surface area contributed by atoms with Gasteiger partial charge in [0.25, 0.3) is 0 Å². The third kappa shape index (κ3) is 6.96. The van der Waals surface area contributed by atoms with E-state index in [-0.39, 0.29) is 35.7 Å². The molecule has 0 saturated carbocycles. The van der Waals surface area contributed by atoms with Gasteiger partial charge in [0.2, 0.25) is 5.91 Å². The Kier molecular flexibility index (Phi) is 8.36. The van der Waals surface area contributed by atoms with Crippen LogP contribution >= 0.6 is 11.3 Å². The summed E-state index contributed by atoms with van der Waals surface area (Å²) in [4.78, 5) is 31.6. The lowest BCUT2D eigenvalue weighted by Crippen LogP contribution is -2.40. The van der Waals surface area contributed by atoms with Crippen LogP contribution in [0.3, 0.4) is 0 Å². The van der Waals surface area contributed by atoms with Crippen molar-refractivity contribution in [1.82, 2.24) is 19.7 Å². The lowest BCUT2D eigenvalue weighted by molar-refractivity contribution is -0.139. The number of aryl methyl sites for hydroxylation is 1. The first kappa shape index (κ1) is 29.0. The molecule has 0 atom stereocenters. The van der Waals surface area contributed by atoms with Gasteiger partial charge in [0.15, 0.2) is 0 Å². The van der Waals surface area contributed by atoms with Gasteiger partial charge >= 0.3 is 5.97 Å². The molecule has 1 fully saturated rings. The molecular weight excluding hydrogens is 508 g/mol. The smallest absolute Gasteiger partial charge is 0.311 e. The Morgan fingerprint density at radius 3 is 2.18 bits per heavy atom. The predicted octanol–water partition coefficient (Wildman–Crippen LogP) is 6.03. The van der Waals surface area contributed by atoms with E-state index in [9.17, 15) is 9.59 Å². The molecule has 39 heavy (non-hydrogen) atoms. The Labute approximate surface area is 236 Å². The Morgan fingerprint density at radius 1 is 1.00 bits per heavy atom. The highest BCUT2D eigenvalue weighted by Gasteiger charge is 2.27. The number of nitrogens with zero attached hydrogens (tertiary/aromatic N) is 4. The van der Waals surface area contributed by atoms with Crippen LogP contribution < -0.4 is 0 Å². The standard InChI is InChI=1S/C31H42N4O3S/c1-20-13-25(17-28(37)38-8)33-35(20)18-27(36)34-11-9-21(10-12-34)26-19-39-29(32-26)22-14-23(30(2,3)4)16-24(15-22)31(5,6)7/h13-16,19,21H,9-12,17-18H2,1-8H3. The number of aromatic nitrogens is 3. The van der Waals surface area contributed by atoms with Crippen LogP contribution in [-0.2, 0) is 38.1 Å². The molecule has 3 heterocycles. The number of carbonyl (C=O) groups is 2. The number of esters is 1. The van der Waals surface area contributed by atoms with Crippen LogP contribution in [0.5, 0.6) is 0 Å². The minimum Gasteiger partial charge on any atom is -0.469 e. The maximum Gasteiger partial charge on any atom is 0.311 e. The summed E-state index contributed by atoms with van der Waals surface area (Å²) in [7, 11) is 1.36. The van der Waals surface area contributed by atoms with Crippen LogP contribution in [0, 0.1) is 6.92 Å². The quantitative estimate of drug-likeness (QED) is 0.350. The maximum absolute atomic E-state index is 13.0. The summed E-state index contributed by atoms with van der Waals surface area (Å²) in [6.45, 7) is 17.1. The average Bonchev–Trinajstić information content (AvgIpc) is 3.49. The molecule has 2 aromatic heterocycles. The minimum absolute atomic E-state index is 0.0527. The van der Waals surface area contributed by atoms with Crippen molar-refractivity contribution in [3.63, 3.8) is 0 Å². The number of piperidine rings is 1. The second kappa shape index (κ2) is 11.2. The van der Waals surface area contributed by atoms with E-state index in [0.717, 1.165) is 29.2 Å². The molecule has 0 radical (unpaired) electrons. The molecule has 0 unspecified atom stereocenters. The summed E-state index contributed by atoms with van der Waals surface area (Å²) in [5, 5.41) is 7.70. The van der Waals surface area contributed by atoms with Gasteiger partial charge in [-0.25, -0.2) is 4.98 Å². The number of carbonyl (C=O) groups excluding carboxylic acids is 2. The zero-order valence-corrected chi connectivity index (χ0v) is 25.4. The molecule has 1 aliphatic heterocycles. The summed E-state index contributed by atoms with van der Waals surface area (Å²) in [5.74, 6) is 0.0665. The number of rotatable bonds is 6. The van der Waals surface area contributed by atoms with Crippen molar-refractivity contribution in [2.45, 2.75) is 91.0 Å². The zero-order chi connectivity index (χ0) is 28.5. The summed E-state index contributed by atoms with van der Waals surface area (Å²) >= 11 is 1.72. The van der Waals surface area contributed by atoms with Crippen molar-refractivity contribution < 1.29 is 14.3 Å². The van der Waals surface area contributed by atoms with Gasteiger partial charge in [0.05, 0.1) is 24.9 Å². The highest BCUT2D eigenvalue weighted by molar-refractivity contribution is 7.13. The van der Waals surface area contributed by atoms with Crippen molar-refractivity contribution >= 4 is 23.2 Å². The Morgan fingerprint density at radius 2 is 1.62 bits per heavy atom. The first-order chi connectivity index (χ1) is 18.2. The first-order valence-electron chi connectivity index (χ1n) is 13.7. The van der Waals surface area contributed by atoms with Crippen LogP contribution in [0.2, 0.25) is 0 Å². The number of hydrogen-bond acceptors (Lipinski definition) is 6. The monoisotopic (exact) mass is 550 g/mol. The van der Waals surface area contributed by atoms with Crippen LogP contribution in [0.25, 0.3) is 10.6 Å². The normalized spacial score (nSPS) is 15.0. The molecule has 0 spiro atoms. The fourth-order valence-corrected chi connectivity index (χ4v) is 5.81. The van der Waals surface area contributed by atoms with Gasteiger partial charge in [-0.2, -0.15) is 5.10 Å². The van der Waals surface area contributed by atoms with Crippen molar-refractivity contribution in [3.8, 4) is 10.6 Å². The Hall–Kier alpha value is -3.00. The van der Waals surface area contributed by atoms with Crippen LogP contribution in [0.15, 0.2) is 29.6 Å². The van der Waals surface area contributed by atoms with Gasteiger partial charge in [-0.05, 0) is 59.9 Å². The van der Waals surface area contributed by atoms with Crippen molar-refractivity contribution in [3.05, 3.63) is 57.9 Å². The lowest BCUT2D eigenvalue weighted by Gasteiger charge is -2.31. The van der Waals surface area contributed by atoms with Crippen molar-refractivity contribution in [2.24, 2.45) is 0 Å². The number of likely N-dealkylation sites (tertiary alicyclic amines) is 1. The Bertz CT molecular complexity index is 1300. The molecule has 1 saturated heterocycles. The average molecular weight is 551 g/mol. The van der Waals surface area contributed by atoms with Crippen LogP contribution in [0.4, 0.5) is 0 Å². The van der Waals surface area contributed by atoms with E-state index in [1.165, 1.54) is 23.8 Å². The molecule has 3 aromatic rings. The third-order valence-corrected chi connectivity index (χ3v) is 8.48. The van der Waals surface area contributed by atoms with Gasteiger partial charge in [-0.15, -0.1) is 11.3 Å². The molecular formula is C31H42N4O3S. The number of benzene rings is 1. The topological polar surface area (TPSA) is 77.3 Å². The summed E-state index contributed by atoms with van der Waals surface area (Å²) in [5.41, 5.74) is 6.59. The van der Waals surface area contributed by atoms with Crippen LogP contribution in [-0.4, -0.2) is 51.7 Å². The van der Waals surface area contributed by atoms with E-state index in [4.69, 9.17) is 9.72 Å². The summed E-state index contributed by atoms with van der Waals surface area (Å²) in [6, 6.07) is 8.77. The molecule has 0 aliphatic carbocycles.